The van der Waals surface area contributed by atoms with E-state index < -0.39 is 6.39 Å². The average molecular weight is 240 g/mol. The van der Waals surface area contributed by atoms with E-state index in [0.29, 0.717) is 6.54 Å². The lowest BCUT2D eigenvalue weighted by atomic mass is 8.97. The second kappa shape index (κ2) is 5.68. The minimum atomic E-state index is -0.463. The molecule has 1 amide bonds. The van der Waals surface area contributed by atoms with Crippen LogP contribution in [0.2, 0.25) is 0 Å². The van der Waals surface area contributed by atoms with Gasteiger partial charge >= 0.3 is 0 Å². The Morgan fingerprint density at radius 1 is 1.32 bits per heavy atom. The fourth-order valence-corrected chi connectivity index (χ4v) is 2.03. The molecule has 2 aromatic rings. The predicted molar refractivity (Wildman–Crippen MR) is 84.1 cm³/mol. The molecule has 0 saturated carbocycles. The molecule has 0 saturated heterocycles. The number of aromatic nitrogens is 1. The Bertz CT molecular complexity index is 598. The first-order chi connectivity index (χ1) is 9.04. The number of hydrogen-bond donors (Lipinski definition) is 0. The van der Waals surface area contributed by atoms with Crippen molar-refractivity contribution in [2.24, 2.45) is 0 Å². The largest absolute Gasteiger partial charge is 0.336 e. The molecule has 1 aliphatic heterocycles. The van der Waals surface area contributed by atoms with Gasteiger partial charge in [0.1, 0.15) is 6.54 Å². The summed E-state index contributed by atoms with van der Waals surface area (Å²) >= 11 is 0. The molecule has 3 rings (SSSR count). The highest BCUT2D eigenvalue weighted by molar-refractivity contribution is 7.60. The number of hydrogen-bond acceptors (Lipinski definition) is 1. The molecule has 0 spiro atoms. The minimum absolute atomic E-state index is 0.140. The summed E-state index contributed by atoms with van der Waals surface area (Å²) in [5.41, 5.74) is 2.17. The molecule has 0 bridgehead atoms. The van der Waals surface area contributed by atoms with Gasteiger partial charge in [-0.1, -0.05) is 12.1 Å². The number of para-hydroxylation sites is 1. The quantitative estimate of drug-likeness (QED) is 0.629. The molecule has 0 fully saturated rings. The van der Waals surface area contributed by atoms with E-state index >= 15 is 0 Å². The lowest BCUT2D eigenvalue weighted by molar-refractivity contribution is -0.119. The smallest absolute Gasteiger partial charge is 0.246 e. The fourth-order valence-electron chi connectivity index (χ4n) is 2.03. The Morgan fingerprint density at radius 3 is 2.63 bits per heavy atom. The highest BCUT2D eigenvalue weighted by atomic mass is 16.2. The highest BCUT2D eigenvalue weighted by Crippen LogP contribution is 2.30. The molecular weight excluding hydrogens is 230 g/mol. The van der Waals surface area contributed by atoms with Crippen LogP contribution in [0.1, 0.15) is 0 Å². The third-order valence-corrected chi connectivity index (χ3v) is 3.03. The van der Waals surface area contributed by atoms with E-state index in [9.17, 15) is 4.79 Å². The first-order valence-corrected chi connectivity index (χ1v) is 5.95. The Hall–Kier alpha value is -1.45. The van der Waals surface area contributed by atoms with E-state index in [1.54, 1.807) is 4.90 Å². The van der Waals surface area contributed by atoms with Gasteiger partial charge in [-0.2, -0.15) is 0 Å². The van der Waals surface area contributed by atoms with Gasteiger partial charge in [-0.3, -0.25) is 4.79 Å². The molecule has 1 aliphatic rings. The van der Waals surface area contributed by atoms with Gasteiger partial charge in [0.2, 0.25) is 5.91 Å². The van der Waals surface area contributed by atoms with Gasteiger partial charge in [0.15, 0.2) is 0 Å². The van der Waals surface area contributed by atoms with Crippen LogP contribution in [-0.4, -0.2) is 54.2 Å². The fraction of sp³-hybridized carbons (Fsp3) is 0.182. The molecule has 0 aliphatic carbocycles. The standard InChI is InChI=1S/C11H10N2O.B5/c1-12-9-4-2-3-8-5-6-13(11(8)9)7-10(12)14;1-4-5(2)3/h2-6H,7H2,1H3;. The molecule has 1 aromatic carbocycles. The van der Waals surface area contributed by atoms with Gasteiger partial charge in [-0.25, -0.2) is 0 Å². The molecule has 7 radical (unpaired) electrons. The zero-order valence-electron chi connectivity index (χ0n) is 10.8. The summed E-state index contributed by atoms with van der Waals surface area (Å²) in [4.78, 5) is 13.3. The number of likely N-dealkylation sites (N-methyl/N-ethyl adjacent to an activating group) is 1. The van der Waals surface area contributed by atoms with Gasteiger partial charge in [0.05, 0.1) is 11.2 Å². The predicted octanol–water partition coefficient (Wildman–Crippen LogP) is -0.286. The van der Waals surface area contributed by atoms with Crippen LogP contribution >= 0.6 is 0 Å². The topological polar surface area (TPSA) is 25.2 Å². The Morgan fingerprint density at radius 2 is 2.00 bits per heavy atom. The number of anilines is 1. The van der Waals surface area contributed by atoms with Crippen LogP contribution in [-0.2, 0) is 11.3 Å². The van der Waals surface area contributed by atoms with Crippen molar-refractivity contribution in [3.63, 3.8) is 0 Å². The van der Waals surface area contributed by atoms with Crippen LogP contribution in [0.25, 0.3) is 10.9 Å². The molecule has 0 N–H and O–H groups in total. The number of carbonyl (C=O) groups is 1. The Balaban J connectivity index is 0.000000232. The van der Waals surface area contributed by atoms with Crippen molar-refractivity contribution in [3.05, 3.63) is 30.5 Å². The van der Waals surface area contributed by atoms with Crippen LogP contribution in [0.5, 0.6) is 0 Å². The van der Waals surface area contributed by atoms with Gasteiger partial charge in [-0.15, -0.1) is 0 Å². The van der Waals surface area contributed by atoms with Gasteiger partial charge in [-0.05, 0) is 12.1 Å². The maximum Gasteiger partial charge on any atom is 0.246 e. The zero-order chi connectivity index (χ0) is 14.0. The molecular formula is C11H10B5N2O. The normalized spacial score (nSPS) is 12.9. The summed E-state index contributed by atoms with van der Waals surface area (Å²) in [6.07, 6.45) is 1.51. The molecule has 19 heavy (non-hydrogen) atoms. The highest BCUT2D eigenvalue weighted by Gasteiger charge is 2.21. The monoisotopic (exact) mass is 241 g/mol. The van der Waals surface area contributed by atoms with Crippen LogP contribution in [0.15, 0.2) is 30.5 Å². The lowest BCUT2D eigenvalue weighted by Crippen LogP contribution is -2.33. The van der Waals surface area contributed by atoms with Crippen molar-refractivity contribution in [1.29, 1.82) is 0 Å². The van der Waals surface area contributed by atoms with Crippen LogP contribution < -0.4 is 4.90 Å². The summed E-state index contributed by atoms with van der Waals surface area (Å²) in [5.74, 6) is 0.140. The van der Waals surface area contributed by atoms with Crippen molar-refractivity contribution < 1.29 is 4.79 Å². The third-order valence-electron chi connectivity index (χ3n) is 3.03. The molecule has 0 unspecified atom stereocenters. The van der Waals surface area contributed by atoms with E-state index in [2.05, 4.69) is 6.07 Å². The van der Waals surface area contributed by atoms with Crippen molar-refractivity contribution in [3.8, 4) is 0 Å². The molecule has 2 heterocycles. The summed E-state index contributed by atoms with van der Waals surface area (Å²) in [7, 11) is 17.6. The maximum atomic E-state index is 11.6. The summed E-state index contributed by atoms with van der Waals surface area (Å²) in [6, 6.07) is 8.08. The Labute approximate surface area is 118 Å². The molecule has 8 heteroatoms. The number of rotatable bonds is 1. The maximum absolute atomic E-state index is 11.6. The minimum Gasteiger partial charge on any atom is -0.336 e. The van der Waals surface area contributed by atoms with E-state index in [1.165, 1.54) is 12.4 Å². The first-order valence-electron chi connectivity index (χ1n) is 5.95. The number of carbonyl (C=O) groups excluding carboxylic acids is 1. The molecule has 3 nitrogen and oxygen atoms in total. The van der Waals surface area contributed by atoms with E-state index in [-0.39, 0.29) is 5.91 Å². The van der Waals surface area contributed by atoms with E-state index in [4.69, 9.17) is 23.2 Å². The summed E-state index contributed by atoms with van der Waals surface area (Å²) in [6.45, 7) is 0.455. The molecule has 0 atom stereocenters. The number of amides is 1. The van der Waals surface area contributed by atoms with E-state index in [1.807, 2.05) is 36.0 Å². The Kier molecular flexibility index (Phi) is 4.18. The molecule has 85 valence electrons. The van der Waals surface area contributed by atoms with Crippen LogP contribution in [0.4, 0.5) is 5.69 Å². The van der Waals surface area contributed by atoms with Gasteiger partial charge < -0.3 is 9.47 Å². The van der Waals surface area contributed by atoms with Crippen LogP contribution in [0, 0.1) is 0 Å². The first kappa shape index (κ1) is 14.0. The van der Waals surface area contributed by atoms with Gasteiger partial charge in [0.25, 0.3) is 0 Å². The second-order valence-corrected chi connectivity index (χ2v) is 4.38. The summed E-state index contributed by atoms with van der Waals surface area (Å²) < 4.78 is 2.01. The zero-order valence-corrected chi connectivity index (χ0v) is 10.8. The van der Waals surface area contributed by atoms with E-state index in [0.717, 1.165) is 11.2 Å². The number of nitrogens with zero attached hydrogens (tertiary/aromatic N) is 2. The molecule has 1 aromatic heterocycles. The van der Waals surface area contributed by atoms with Crippen molar-refractivity contribution in [1.82, 2.24) is 4.57 Å². The second-order valence-electron chi connectivity index (χ2n) is 4.38. The van der Waals surface area contributed by atoms with Gasteiger partial charge in [0, 0.05) is 55.3 Å². The van der Waals surface area contributed by atoms with Crippen molar-refractivity contribution in [2.75, 3.05) is 11.9 Å². The SMILES string of the molecule is CN1C(=O)Cn2ccc3cccc1c32.[B][B]B([B])[B]. The van der Waals surface area contributed by atoms with Crippen molar-refractivity contribution >= 4 is 59.2 Å². The van der Waals surface area contributed by atoms with Crippen LogP contribution in [0.3, 0.4) is 0 Å². The summed E-state index contributed by atoms with van der Waals surface area (Å²) in [5, 5.41) is 1.20. The number of benzene rings is 1. The lowest BCUT2D eigenvalue weighted by Gasteiger charge is -2.24. The third kappa shape index (κ3) is 2.77. The average Bonchev–Trinajstić information content (AvgIpc) is 2.81. The van der Waals surface area contributed by atoms with Crippen molar-refractivity contribution in [2.45, 2.75) is 6.54 Å².